The van der Waals surface area contributed by atoms with Gasteiger partial charge in [0, 0.05) is 25.7 Å². The van der Waals surface area contributed by atoms with Crippen molar-refractivity contribution in [2.45, 2.75) is 46.3 Å². The van der Waals surface area contributed by atoms with Gasteiger partial charge in [-0.25, -0.2) is 0 Å². The average molecular weight is 271 g/mol. The molecule has 19 heavy (non-hydrogen) atoms. The van der Waals surface area contributed by atoms with Gasteiger partial charge in [0.25, 0.3) is 0 Å². The predicted octanol–water partition coefficient (Wildman–Crippen LogP) is 0.179. The van der Waals surface area contributed by atoms with Gasteiger partial charge in [-0.05, 0) is 24.7 Å². The predicted molar refractivity (Wildman–Crippen MR) is 76.7 cm³/mol. The lowest BCUT2D eigenvalue weighted by molar-refractivity contribution is -0.120. The van der Waals surface area contributed by atoms with E-state index in [0.717, 1.165) is 26.1 Å². The number of nitrogens with one attached hydrogen (secondary N) is 1. The first-order chi connectivity index (χ1) is 8.67. The Morgan fingerprint density at radius 3 is 2.58 bits per heavy atom. The summed E-state index contributed by atoms with van der Waals surface area (Å²) in [5, 5.41) is 13.3. The number of carbonyl (C=O) groups is 1. The van der Waals surface area contributed by atoms with Crippen LogP contribution < -0.4 is 11.1 Å². The highest BCUT2D eigenvalue weighted by molar-refractivity contribution is 5.75. The van der Waals surface area contributed by atoms with Crippen molar-refractivity contribution in [1.82, 2.24) is 10.2 Å². The number of aliphatic hydroxyl groups excluding tert-OH is 1. The number of amides is 1. The van der Waals surface area contributed by atoms with E-state index >= 15 is 0 Å². The molecular formula is C14H29N3O2. The number of hydrogen-bond donors (Lipinski definition) is 3. The fourth-order valence-corrected chi connectivity index (χ4v) is 2.53. The van der Waals surface area contributed by atoms with Crippen LogP contribution >= 0.6 is 0 Å². The van der Waals surface area contributed by atoms with E-state index in [1.807, 2.05) is 11.8 Å². The molecule has 4 N–H and O–H groups in total. The van der Waals surface area contributed by atoms with Crippen LogP contribution in [0, 0.1) is 11.3 Å². The molecule has 1 aliphatic heterocycles. The third kappa shape index (κ3) is 6.36. The molecule has 3 unspecified atom stereocenters. The summed E-state index contributed by atoms with van der Waals surface area (Å²) in [5.41, 5.74) is 5.50. The van der Waals surface area contributed by atoms with Gasteiger partial charge in [-0.1, -0.05) is 20.8 Å². The zero-order valence-electron chi connectivity index (χ0n) is 12.6. The van der Waals surface area contributed by atoms with E-state index in [2.05, 4.69) is 26.1 Å². The molecule has 0 saturated carbocycles. The second-order valence-electron chi connectivity index (χ2n) is 7.04. The lowest BCUT2D eigenvalue weighted by Gasteiger charge is -2.39. The average Bonchev–Trinajstić information content (AvgIpc) is 2.24. The quantitative estimate of drug-likeness (QED) is 0.666. The van der Waals surface area contributed by atoms with Crippen molar-refractivity contribution in [3.63, 3.8) is 0 Å². The molecule has 0 aromatic heterocycles. The first kappa shape index (κ1) is 16.4. The summed E-state index contributed by atoms with van der Waals surface area (Å²) in [4.78, 5) is 13.1. The van der Waals surface area contributed by atoms with Crippen molar-refractivity contribution in [3.05, 3.63) is 0 Å². The number of nitrogens with zero attached hydrogens (tertiary/aromatic N) is 1. The van der Waals surface area contributed by atoms with Crippen LogP contribution in [0.3, 0.4) is 0 Å². The number of primary amides is 1. The second kappa shape index (κ2) is 6.68. The van der Waals surface area contributed by atoms with Crippen LogP contribution in [0.4, 0.5) is 0 Å². The van der Waals surface area contributed by atoms with Gasteiger partial charge < -0.3 is 16.2 Å². The van der Waals surface area contributed by atoms with Crippen LogP contribution in [0.15, 0.2) is 0 Å². The number of hydrogen-bond acceptors (Lipinski definition) is 4. The smallest absolute Gasteiger partial charge is 0.231 e. The van der Waals surface area contributed by atoms with Gasteiger partial charge in [-0.15, -0.1) is 0 Å². The van der Waals surface area contributed by atoms with Crippen LogP contribution in [-0.2, 0) is 4.79 Å². The highest BCUT2D eigenvalue weighted by atomic mass is 16.3. The van der Waals surface area contributed by atoms with Crippen molar-refractivity contribution in [3.8, 4) is 0 Å². The highest BCUT2D eigenvalue weighted by Gasteiger charge is 2.30. The monoisotopic (exact) mass is 271 g/mol. The second-order valence-corrected chi connectivity index (χ2v) is 7.04. The number of piperidine rings is 1. The maximum atomic E-state index is 11.1. The van der Waals surface area contributed by atoms with Crippen LogP contribution in [0.5, 0.6) is 0 Å². The Morgan fingerprint density at radius 1 is 1.47 bits per heavy atom. The number of likely N-dealkylation sites (tertiary alicyclic amines) is 1. The Bertz CT molecular complexity index is 300. The van der Waals surface area contributed by atoms with E-state index in [1.165, 1.54) is 0 Å². The molecule has 0 aromatic carbocycles. The summed E-state index contributed by atoms with van der Waals surface area (Å²) in [6.07, 6.45) is 0.595. The first-order valence-corrected chi connectivity index (χ1v) is 7.09. The Kier molecular flexibility index (Phi) is 5.77. The molecule has 3 atom stereocenters. The third-order valence-corrected chi connectivity index (χ3v) is 3.54. The van der Waals surface area contributed by atoms with E-state index in [9.17, 15) is 9.90 Å². The van der Waals surface area contributed by atoms with Gasteiger partial charge in [0.2, 0.25) is 5.91 Å². The fraction of sp³-hybridized carbons (Fsp3) is 0.929. The molecule has 0 radical (unpaired) electrons. The summed E-state index contributed by atoms with van der Waals surface area (Å²) >= 11 is 0. The largest absolute Gasteiger partial charge is 0.393 e. The SMILES string of the molecule is CC(O)C1CC(NCC(C)(C)C)CN(CC(N)=O)C1. The molecule has 1 saturated heterocycles. The Labute approximate surface area is 116 Å². The molecule has 0 bridgehead atoms. The Hall–Kier alpha value is -0.650. The summed E-state index contributed by atoms with van der Waals surface area (Å²) in [5.74, 6) is -0.105. The lowest BCUT2D eigenvalue weighted by Crippen LogP contribution is -2.54. The zero-order chi connectivity index (χ0) is 14.6. The topological polar surface area (TPSA) is 78.6 Å². The summed E-state index contributed by atoms with van der Waals surface area (Å²) < 4.78 is 0. The fourth-order valence-electron chi connectivity index (χ4n) is 2.53. The lowest BCUT2D eigenvalue weighted by atomic mass is 9.89. The van der Waals surface area contributed by atoms with E-state index in [-0.39, 0.29) is 29.9 Å². The Balaban J connectivity index is 2.57. The number of aliphatic hydroxyl groups is 1. The van der Waals surface area contributed by atoms with Gasteiger partial charge in [0.1, 0.15) is 0 Å². The number of rotatable bonds is 5. The number of nitrogens with two attached hydrogens (primary N) is 1. The van der Waals surface area contributed by atoms with E-state index in [0.29, 0.717) is 6.04 Å². The minimum atomic E-state index is -0.352. The Morgan fingerprint density at radius 2 is 2.11 bits per heavy atom. The molecule has 1 aliphatic rings. The molecule has 0 spiro atoms. The maximum absolute atomic E-state index is 11.1. The molecular weight excluding hydrogens is 242 g/mol. The third-order valence-electron chi connectivity index (χ3n) is 3.54. The molecule has 1 fully saturated rings. The van der Waals surface area contributed by atoms with Crippen LogP contribution in [0.25, 0.3) is 0 Å². The minimum Gasteiger partial charge on any atom is -0.393 e. The van der Waals surface area contributed by atoms with Crippen LogP contribution in [0.1, 0.15) is 34.1 Å². The molecule has 1 rings (SSSR count). The molecule has 1 amide bonds. The molecule has 0 aromatic rings. The maximum Gasteiger partial charge on any atom is 0.231 e. The van der Waals surface area contributed by atoms with E-state index < -0.39 is 0 Å². The summed E-state index contributed by atoms with van der Waals surface area (Å²) in [6, 6.07) is 0.312. The summed E-state index contributed by atoms with van der Waals surface area (Å²) in [6.45, 7) is 11.2. The first-order valence-electron chi connectivity index (χ1n) is 7.09. The van der Waals surface area contributed by atoms with E-state index in [1.54, 1.807) is 0 Å². The van der Waals surface area contributed by atoms with Crippen molar-refractivity contribution in [2.24, 2.45) is 17.1 Å². The minimum absolute atomic E-state index is 0.200. The molecule has 0 aliphatic carbocycles. The van der Waals surface area contributed by atoms with Crippen molar-refractivity contribution in [2.75, 3.05) is 26.2 Å². The van der Waals surface area contributed by atoms with Gasteiger partial charge >= 0.3 is 0 Å². The van der Waals surface area contributed by atoms with Crippen LogP contribution in [0.2, 0.25) is 0 Å². The van der Waals surface area contributed by atoms with E-state index in [4.69, 9.17) is 5.73 Å². The van der Waals surface area contributed by atoms with Gasteiger partial charge in [-0.2, -0.15) is 0 Å². The number of carbonyl (C=O) groups excluding carboxylic acids is 1. The normalized spacial score (nSPS) is 27.2. The molecule has 5 heteroatoms. The van der Waals surface area contributed by atoms with Crippen molar-refractivity contribution < 1.29 is 9.90 Å². The summed E-state index contributed by atoms with van der Waals surface area (Å²) in [7, 11) is 0. The molecule has 1 heterocycles. The van der Waals surface area contributed by atoms with Crippen LogP contribution in [-0.4, -0.2) is 54.2 Å². The standard InChI is InChI=1S/C14H29N3O2/c1-10(18)11-5-12(16-9-14(2,3)4)7-17(6-11)8-13(15)19/h10-12,16,18H,5-9H2,1-4H3,(H2,15,19). The van der Waals surface area contributed by atoms with Gasteiger partial charge in [0.15, 0.2) is 0 Å². The van der Waals surface area contributed by atoms with Crippen molar-refractivity contribution in [1.29, 1.82) is 0 Å². The van der Waals surface area contributed by atoms with Crippen molar-refractivity contribution >= 4 is 5.91 Å². The molecule has 5 nitrogen and oxygen atoms in total. The van der Waals surface area contributed by atoms with Gasteiger partial charge in [-0.3, -0.25) is 9.69 Å². The molecule has 112 valence electrons. The zero-order valence-corrected chi connectivity index (χ0v) is 12.6. The van der Waals surface area contributed by atoms with Gasteiger partial charge in [0.05, 0.1) is 12.6 Å². The highest BCUT2D eigenvalue weighted by Crippen LogP contribution is 2.21.